The predicted molar refractivity (Wildman–Crippen MR) is 61.8 cm³/mol. The van der Waals surface area contributed by atoms with Gasteiger partial charge in [-0.25, -0.2) is 0 Å². The Morgan fingerprint density at radius 3 is 2.36 bits per heavy atom. The molecule has 0 aliphatic heterocycles. The van der Waals surface area contributed by atoms with E-state index in [0.29, 0.717) is 12.8 Å². The van der Waals surface area contributed by atoms with Crippen molar-refractivity contribution in [3.8, 4) is 12.3 Å². The van der Waals surface area contributed by atoms with Crippen molar-refractivity contribution in [2.45, 2.75) is 39.2 Å². The van der Waals surface area contributed by atoms with E-state index in [-0.39, 0.29) is 5.41 Å². The molecule has 0 radical (unpaired) electrons. The first-order chi connectivity index (χ1) is 6.24. The second-order valence-corrected chi connectivity index (χ2v) is 4.68. The number of hydrogen-bond donors (Lipinski definition) is 1. The summed E-state index contributed by atoms with van der Waals surface area (Å²) in [5.74, 6) is 2.45. The van der Waals surface area contributed by atoms with Crippen molar-refractivity contribution in [1.82, 2.24) is 0 Å². The van der Waals surface area contributed by atoms with Gasteiger partial charge in [-0.15, -0.1) is 13.0 Å². The van der Waals surface area contributed by atoms with Crippen LogP contribution in [0.4, 0.5) is 0 Å². The minimum absolute atomic E-state index is 0.156. The van der Waals surface area contributed by atoms with E-state index in [1.807, 2.05) is 26.8 Å². The van der Waals surface area contributed by atoms with E-state index in [9.17, 15) is 5.11 Å². The molecule has 1 nitrogen and oxygen atoms in total. The highest BCUT2D eigenvalue weighted by atomic mass is 16.3. The van der Waals surface area contributed by atoms with Gasteiger partial charge in [0.1, 0.15) is 5.60 Å². The van der Waals surface area contributed by atoms with Crippen molar-refractivity contribution in [2.75, 3.05) is 0 Å². The summed E-state index contributed by atoms with van der Waals surface area (Å²) in [6.07, 6.45) is 8.11. The normalized spacial score (nSPS) is 15.4. The van der Waals surface area contributed by atoms with Gasteiger partial charge in [0.25, 0.3) is 0 Å². The zero-order valence-corrected chi connectivity index (χ0v) is 9.43. The smallest absolute Gasteiger partial charge is 0.129 e. The first-order valence-electron chi connectivity index (χ1n) is 4.73. The second-order valence-electron chi connectivity index (χ2n) is 4.68. The standard InChI is InChI=1S/C13H20O/c1-7-12(5,6)10-13(14,8-2)9-11(3)4/h2,7,14H,1,3,9-10H2,4-6H3. The average Bonchev–Trinajstić information content (AvgIpc) is 2.02. The molecule has 0 bridgehead atoms. The zero-order chi connectivity index (χ0) is 11.4. The molecule has 14 heavy (non-hydrogen) atoms. The highest BCUT2D eigenvalue weighted by Crippen LogP contribution is 2.32. The van der Waals surface area contributed by atoms with Gasteiger partial charge < -0.3 is 5.11 Å². The second kappa shape index (κ2) is 4.48. The molecule has 1 unspecified atom stereocenters. The lowest BCUT2D eigenvalue weighted by Gasteiger charge is -2.30. The predicted octanol–water partition coefficient (Wildman–Crippen LogP) is 2.92. The fourth-order valence-electron chi connectivity index (χ4n) is 1.49. The summed E-state index contributed by atoms with van der Waals surface area (Å²) >= 11 is 0. The third kappa shape index (κ3) is 4.30. The molecule has 0 amide bonds. The van der Waals surface area contributed by atoms with E-state index in [0.717, 1.165) is 5.57 Å². The van der Waals surface area contributed by atoms with Crippen LogP contribution in [0, 0.1) is 17.8 Å². The monoisotopic (exact) mass is 192 g/mol. The maximum Gasteiger partial charge on any atom is 0.129 e. The molecule has 0 heterocycles. The summed E-state index contributed by atoms with van der Waals surface area (Å²) in [4.78, 5) is 0. The quantitative estimate of drug-likeness (QED) is 0.524. The Balaban J connectivity index is 4.65. The Kier molecular flexibility index (Phi) is 4.16. The Bertz CT molecular complexity index is 267. The summed E-state index contributed by atoms with van der Waals surface area (Å²) < 4.78 is 0. The molecule has 0 aliphatic carbocycles. The zero-order valence-electron chi connectivity index (χ0n) is 9.43. The number of rotatable bonds is 5. The number of aliphatic hydroxyl groups is 1. The number of terminal acetylenes is 1. The van der Waals surface area contributed by atoms with Gasteiger partial charge in [-0.2, -0.15) is 0 Å². The lowest BCUT2D eigenvalue weighted by atomic mass is 9.78. The third-order valence-electron chi connectivity index (χ3n) is 2.16. The maximum absolute atomic E-state index is 10.1. The van der Waals surface area contributed by atoms with Crippen molar-refractivity contribution in [3.05, 3.63) is 24.8 Å². The maximum atomic E-state index is 10.1. The van der Waals surface area contributed by atoms with Crippen molar-refractivity contribution in [2.24, 2.45) is 5.41 Å². The molecule has 1 heteroatoms. The van der Waals surface area contributed by atoms with Gasteiger partial charge in [-0.05, 0) is 18.8 Å². The molecule has 0 saturated heterocycles. The van der Waals surface area contributed by atoms with Gasteiger partial charge in [-0.1, -0.05) is 38.0 Å². The lowest BCUT2D eigenvalue weighted by Crippen LogP contribution is -2.32. The van der Waals surface area contributed by atoms with Gasteiger partial charge in [0.05, 0.1) is 0 Å². The molecule has 1 N–H and O–H groups in total. The molecule has 0 saturated carbocycles. The van der Waals surface area contributed by atoms with Crippen LogP contribution in [0.3, 0.4) is 0 Å². The molecular weight excluding hydrogens is 172 g/mol. The molecule has 1 atom stereocenters. The molecule has 0 rings (SSSR count). The van der Waals surface area contributed by atoms with Crippen molar-refractivity contribution >= 4 is 0 Å². The van der Waals surface area contributed by atoms with Gasteiger partial charge >= 0.3 is 0 Å². The van der Waals surface area contributed by atoms with E-state index in [1.54, 1.807) is 0 Å². The van der Waals surface area contributed by atoms with Crippen molar-refractivity contribution < 1.29 is 5.11 Å². The Labute approximate surface area is 87.5 Å². The summed E-state index contributed by atoms with van der Waals surface area (Å²) in [5.41, 5.74) is -0.356. The Hall–Kier alpha value is -1.00. The molecule has 0 spiro atoms. The molecule has 0 aromatic heterocycles. The molecule has 0 aromatic carbocycles. The van der Waals surface area contributed by atoms with Crippen LogP contribution in [-0.4, -0.2) is 10.7 Å². The minimum atomic E-state index is -1.09. The van der Waals surface area contributed by atoms with Gasteiger partial charge in [0, 0.05) is 6.42 Å². The molecule has 0 aliphatic rings. The first-order valence-corrected chi connectivity index (χ1v) is 4.73. The minimum Gasteiger partial charge on any atom is -0.377 e. The molecule has 78 valence electrons. The summed E-state index contributed by atoms with van der Waals surface area (Å²) in [5, 5.41) is 10.1. The Morgan fingerprint density at radius 2 is 2.07 bits per heavy atom. The van der Waals surface area contributed by atoms with Crippen LogP contribution >= 0.6 is 0 Å². The molecule has 0 fully saturated rings. The van der Waals surface area contributed by atoms with Gasteiger partial charge in [0.15, 0.2) is 0 Å². The van der Waals surface area contributed by atoms with Crippen molar-refractivity contribution in [3.63, 3.8) is 0 Å². The van der Waals surface area contributed by atoms with E-state index in [2.05, 4.69) is 19.1 Å². The summed E-state index contributed by atoms with van der Waals surface area (Å²) in [7, 11) is 0. The van der Waals surface area contributed by atoms with E-state index < -0.39 is 5.60 Å². The van der Waals surface area contributed by atoms with Crippen LogP contribution in [-0.2, 0) is 0 Å². The van der Waals surface area contributed by atoms with Crippen LogP contribution in [0.25, 0.3) is 0 Å². The molecular formula is C13H20O. The van der Waals surface area contributed by atoms with Gasteiger partial charge in [-0.3, -0.25) is 0 Å². The SMILES string of the molecule is C#CC(O)(CC(=C)C)CC(C)(C)C=C. The van der Waals surface area contributed by atoms with Crippen LogP contribution in [0.1, 0.15) is 33.6 Å². The van der Waals surface area contributed by atoms with Crippen molar-refractivity contribution in [1.29, 1.82) is 0 Å². The van der Waals surface area contributed by atoms with Crippen LogP contribution < -0.4 is 0 Å². The summed E-state index contributed by atoms with van der Waals surface area (Å²) in [6.45, 7) is 13.4. The van der Waals surface area contributed by atoms with Crippen LogP contribution in [0.2, 0.25) is 0 Å². The number of allylic oxidation sites excluding steroid dienone is 1. The van der Waals surface area contributed by atoms with E-state index in [4.69, 9.17) is 6.42 Å². The fourth-order valence-corrected chi connectivity index (χ4v) is 1.49. The Morgan fingerprint density at radius 1 is 1.57 bits per heavy atom. The van der Waals surface area contributed by atoms with E-state index in [1.165, 1.54) is 0 Å². The van der Waals surface area contributed by atoms with Crippen LogP contribution in [0.15, 0.2) is 24.8 Å². The first kappa shape index (κ1) is 13.0. The fraction of sp³-hybridized carbons (Fsp3) is 0.538. The largest absolute Gasteiger partial charge is 0.377 e. The van der Waals surface area contributed by atoms with Crippen LogP contribution in [0.5, 0.6) is 0 Å². The summed E-state index contributed by atoms with van der Waals surface area (Å²) in [6, 6.07) is 0. The third-order valence-corrected chi connectivity index (χ3v) is 2.16. The highest BCUT2D eigenvalue weighted by molar-refractivity contribution is 5.15. The van der Waals surface area contributed by atoms with E-state index >= 15 is 0 Å². The lowest BCUT2D eigenvalue weighted by molar-refractivity contribution is 0.0640. The highest BCUT2D eigenvalue weighted by Gasteiger charge is 2.31. The average molecular weight is 192 g/mol. The topological polar surface area (TPSA) is 20.2 Å². The van der Waals surface area contributed by atoms with Gasteiger partial charge in [0.2, 0.25) is 0 Å². The number of hydrogen-bond acceptors (Lipinski definition) is 1. The molecule has 0 aromatic rings.